The van der Waals surface area contributed by atoms with Gasteiger partial charge in [-0.3, -0.25) is 9.59 Å². The molecule has 0 aliphatic carbocycles. The molecule has 0 radical (unpaired) electrons. The highest BCUT2D eigenvalue weighted by molar-refractivity contribution is 8.03. The summed E-state index contributed by atoms with van der Waals surface area (Å²) in [6, 6.07) is 0. The van der Waals surface area contributed by atoms with Crippen LogP contribution < -0.4 is 0 Å². The minimum absolute atomic E-state index is 0.251. The van der Waals surface area contributed by atoms with Gasteiger partial charge in [0, 0.05) is 31.3 Å². The largest absolute Gasteiger partial charge is 0.448 e. The summed E-state index contributed by atoms with van der Waals surface area (Å²) >= 11 is 3.29. The lowest BCUT2D eigenvalue weighted by Gasteiger charge is -2.27. The van der Waals surface area contributed by atoms with Crippen molar-refractivity contribution in [1.82, 2.24) is 0 Å². The first kappa shape index (κ1) is 12.9. The van der Waals surface area contributed by atoms with E-state index in [1.54, 1.807) is 23.5 Å². The number of hydrogen-bond acceptors (Lipinski definition) is 5. The molecule has 1 fully saturated rings. The Morgan fingerprint density at radius 1 is 1.47 bits per heavy atom. The second kappa shape index (κ2) is 5.80. The number of carbonyl (C=O) groups excluding carboxylic acids is 2. The molecule has 15 heavy (non-hydrogen) atoms. The van der Waals surface area contributed by atoms with Gasteiger partial charge in [-0.15, -0.1) is 11.8 Å². The Morgan fingerprint density at radius 2 is 2.20 bits per heavy atom. The minimum Gasteiger partial charge on any atom is -0.448 e. The van der Waals surface area contributed by atoms with Crippen LogP contribution in [0.5, 0.6) is 0 Å². The van der Waals surface area contributed by atoms with E-state index in [2.05, 4.69) is 0 Å². The predicted octanol–water partition coefficient (Wildman–Crippen LogP) is 2.09. The summed E-state index contributed by atoms with van der Waals surface area (Å²) in [6.45, 7) is 3.30. The zero-order valence-electron chi connectivity index (χ0n) is 9.08. The molecule has 1 saturated heterocycles. The van der Waals surface area contributed by atoms with Gasteiger partial charge >= 0.3 is 5.97 Å². The lowest BCUT2D eigenvalue weighted by molar-refractivity contribution is -0.148. The maximum Gasteiger partial charge on any atom is 0.304 e. The molecule has 0 saturated carbocycles. The van der Waals surface area contributed by atoms with Crippen molar-refractivity contribution in [2.45, 2.75) is 31.6 Å². The molecule has 0 aromatic carbocycles. The summed E-state index contributed by atoms with van der Waals surface area (Å²) in [7, 11) is 0. The van der Waals surface area contributed by atoms with Crippen LogP contribution in [0.4, 0.5) is 0 Å². The van der Waals surface area contributed by atoms with Crippen molar-refractivity contribution >= 4 is 35.3 Å². The van der Waals surface area contributed by atoms with Crippen molar-refractivity contribution in [2.75, 3.05) is 17.3 Å². The van der Waals surface area contributed by atoms with E-state index in [-0.39, 0.29) is 11.8 Å². The fourth-order valence-corrected chi connectivity index (χ4v) is 3.57. The van der Waals surface area contributed by atoms with Gasteiger partial charge in [-0.05, 0) is 6.92 Å². The topological polar surface area (TPSA) is 43.4 Å². The molecule has 1 atom stereocenters. The quantitative estimate of drug-likeness (QED) is 0.665. The Kier molecular flexibility index (Phi) is 4.99. The molecule has 0 aromatic rings. The van der Waals surface area contributed by atoms with Gasteiger partial charge in [-0.25, -0.2) is 0 Å². The number of esters is 1. The molecule has 1 rings (SSSR count). The first-order valence-corrected chi connectivity index (χ1v) is 7.09. The van der Waals surface area contributed by atoms with Crippen LogP contribution in [0.2, 0.25) is 0 Å². The molecule has 1 heterocycles. The maximum atomic E-state index is 11.4. The van der Waals surface area contributed by atoms with Gasteiger partial charge in [-0.2, -0.15) is 11.8 Å². The molecule has 1 unspecified atom stereocenters. The summed E-state index contributed by atoms with van der Waals surface area (Å²) in [5.74, 6) is 2.43. The highest BCUT2D eigenvalue weighted by Gasteiger charge is 2.29. The van der Waals surface area contributed by atoms with Crippen LogP contribution in [0, 0.1) is 0 Å². The van der Waals surface area contributed by atoms with Crippen molar-refractivity contribution in [3.05, 3.63) is 0 Å². The van der Waals surface area contributed by atoms with Crippen molar-refractivity contribution in [2.24, 2.45) is 0 Å². The smallest absolute Gasteiger partial charge is 0.304 e. The van der Waals surface area contributed by atoms with Crippen LogP contribution in [0.25, 0.3) is 0 Å². The Labute approximate surface area is 98.7 Å². The number of Topliss-reactive ketones (excluding diaryl/α,β-unsaturated/α-hetero) is 1. The Hall–Kier alpha value is -0.160. The van der Waals surface area contributed by atoms with Gasteiger partial charge in [0.25, 0.3) is 0 Å². The predicted molar refractivity (Wildman–Crippen MR) is 64.2 cm³/mol. The van der Waals surface area contributed by atoms with E-state index in [0.29, 0.717) is 18.6 Å². The molecular weight excluding hydrogens is 232 g/mol. The molecule has 5 heteroatoms. The SMILES string of the molecule is CC(=O)OC1(C)CCC(=O)CSCCS1. The van der Waals surface area contributed by atoms with E-state index in [1.807, 2.05) is 6.92 Å². The maximum absolute atomic E-state index is 11.4. The fraction of sp³-hybridized carbons (Fsp3) is 0.800. The summed E-state index contributed by atoms with van der Waals surface area (Å²) in [4.78, 5) is 21.8. The second-order valence-electron chi connectivity index (χ2n) is 3.67. The monoisotopic (exact) mass is 248 g/mol. The van der Waals surface area contributed by atoms with Crippen LogP contribution >= 0.6 is 23.5 Å². The molecule has 1 aliphatic rings. The van der Waals surface area contributed by atoms with E-state index in [0.717, 1.165) is 11.5 Å². The molecule has 0 spiro atoms. The van der Waals surface area contributed by atoms with E-state index in [4.69, 9.17) is 4.74 Å². The summed E-state index contributed by atoms with van der Waals surface area (Å²) in [5.41, 5.74) is 0. The Balaban J connectivity index is 2.59. The average molecular weight is 248 g/mol. The molecule has 1 aliphatic heterocycles. The summed E-state index contributed by atoms with van der Waals surface area (Å²) in [5, 5.41) is 0. The van der Waals surface area contributed by atoms with Crippen molar-refractivity contribution in [3.63, 3.8) is 0 Å². The third kappa shape index (κ3) is 4.93. The van der Waals surface area contributed by atoms with Crippen LogP contribution in [-0.4, -0.2) is 33.9 Å². The summed E-state index contributed by atoms with van der Waals surface area (Å²) in [6.07, 6.45) is 1.13. The zero-order chi connectivity index (χ0) is 11.3. The second-order valence-corrected chi connectivity index (χ2v) is 6.33. The number of ether oxygens (including phenoxy) is 1. The first-order chi connectivity index (χ1) is 7.02. The molecule has 0 aromatic heterocycles. The van der Waals surface area contributed by atoms with E-state index < -0.39 is 4.93 Å². The van der Waals surface area contributed by atoms with E-state index >= 15 is 0 Å². The minimum atomic E-state index is -0.521. The number of hydrogen-bond donors (Lipinski definition) is 0. The van der Waals surface area contributed by atoms with Crippen molar-refractivity contribution in [3.8, 4) is 0 Å². The Morgan fingerprint density at radius 3 is 2.87 bits per heavy atom. The lowest BCUT2D eigenvalue weighted by atomic mass is 10.1. The van der Waals surface area contributed by atoms with Crippen LogP contribution in [0.3, 0.4) is 0 Å². The van der Waals surface area contributed by atoms with Gasteiger partial charge in [0.2, 0.25) is 0 Å². The van der Waals surface area contributed by atoms with Gasteiger partial charge in [0.05, 0.1) is 5.75 Å². The van der Waals surface area contributed by atoms with E-state index in [9.17, 15) is 9.59 Å². The first-order valence-electron chi connectivity index (χ1n) is 4.95. The van der Waals surface area contributed by atoms with Crippen LogP contribution in [-0.2, 0) is 14.3 Å². The fourth-order valence-electron chi connectivity index (χ4n) is 1.40. The molecular formula is C10H16O3S2. The number of rotatable bonds is 1. The standard InChI is InChI=1S/C10H16O3S2/c1-8(11)13-10(2)4-3-9(12)7-14-5-6-15-10/h3-7H2,1-2H3. The third-order valence-corrected chi connectivity index (χ3v) is 4.70. The number of thioether (sulfide) groups is 2. The van der Waals surface area contributed by atoms with Crippen molar-refractivity contribution < 1.29 is 14.3 Å². The van der Waals surface area contributed by atoms with Gasteiger partial charge in [0.1, 0.15) is 5.78 Å². The lowest BCUT2D eigenvalue weighted by Crippen LogP contribution is -2.28. The number of carbonyl (C=O) groups is 2. The zero-order valence-corrected chi connectivity index (χ0v) is 10.7. The van der Waals surface area contributed by atoms with Gasteiger partial charge in [0.15, 0.2) is 4.93 Å². The molecule has 0 bridgehead atoms. The Bertz CT molecular complexity index is 255. The van der Waals surface area contributed by atoms with Gasteiger partial charge in [-0.1, -0.05) is 0 Å². The normalized spacial score (nSPS) is 28.8. The van der Waals surface area contributed by atoms with Crippen molar-refractivity contribution in [1.29, 1.82) is 0 Å². The van der Waals surface area contributed by atoms with E-state index in [1.165, 1.54) is 6.92 Å². The van der Waals surface area contributed by atoms with Crippen LogP contribution in [0.1, 0.15) is 26.7 Å². The summed E-state index contributed by atoms with van der Waals surface area (Å²) < 4.78 is 5.28. The highest BCUT2D eigenvalue weighted by Crippen LogP contribution is 2.33. The molecule has 86 valence electrons. The average Bonchev–Trinajstić information content (AvgIpc) is 2.19. The van der Waals surface area contributed by atoms with Gasteiger partial charge < -0.3 is 4.74 Å². The third-order valence-electron chi connectivity index (χ3n) is 2.12. The molecule has 3 nitrogen and oxygen atoms in total. The number of ketones is 1. The molecule has 0 amide bonds. The van der Waals surface area contributed by atoms with Crippen LogP contribution in [0.15, 0.2) is 0 Å². The molecule has 0 N–H and O–H groups in total. The highest BCUT2D eigenvalue weighted by atomic mass is 32.2.